The van der Waals surface area contributed by atoms with E-state index in [0.29, 0.717) is 29.7 Å². The van der Waals surface area contributed by atoms with Gasteiger partial charge in [0.2, 0.25) is 5.75 Å². The maximum absolute atomic E-state index is 5.80. The Morgan fingerprint density at radius 1 is 1.16 bits per heavy atom. The molecule has 0 radical (unpaired) electrons. The molecule has 0 amide bonds. The summed E-state index contributed by atoms with van der Waals surface area (Å²) in [5, 5.41) is 0. The lowest BCUT2D eigenvalue weighted by molar-refractivity contribution is 0.0897. The zero-order valence-electron chi connectivity index (χ0n) is 11.6. The highest BCUT2D eigenvalue weighted by molar-refractivity contribution is 5.56. The van der Waals surface area contributed by atoms with Gasteiger partial charge in [-0.05, 0) is 25.1 Å². The molecule has 2 rings (SSSR count). The lowest BCUT2D eigenvalue weighted by atomic mass is 9.94. The van der Waals surface area contributed by atoms with E-state index in [1.807, 2.05) is 12.1 Å². The van der Waals surface area contributed by atoms with Crippen molar-refractivity contribution in [2.24, 2.45) is 11.7 Å². The summed E-state index contributed by atoms with van der Waals surface area (Å²) < 4.78 is 22.0. The summed E-state index contributed by atoms with van der Waals surface area (Å²) in [4.78, 5) is 0. The number of hydrogen-bond acceptors (Lipinski definition) is 5. The van der Waals surface area contributed by atoms with Gasteiger partial charge >= 0.3 is 0 Å². The average Bonchev–Trinajstić information content (AvgIpc) is 2.93. The van der Waals surface area contributed by atoms with E-state index >= 15 is 0 Å². The monoisotopic (exact) mass is 267 g/mol. The fourth-order valence-electron chi connectivity index (χ4n) is 2.57. The van der Waals surface area contributed by atoms with E-state index < -0.39 is 0 Å². The number of hydrogen-bond donors (Lipinski definition) is 1. The molecule has 1 saturated heterocycles. The zero-order chi connectivity index (χ0) is 13.8. The average molecular weight is 267 g/mol. The fourth-order valence-corrected chi connectivity index (χ4v) is 2.57. The van der Waals surface area contributed by atoms with Crippen LogP contribution in [0.5, 0.6) is 17.2 Å². The number of nitrogens with two attached hydrogens (primary N) is 1. The van der Waals surface area contributed by atoms with Crippen LogP contribution >= 0.6 is 0 Å². The molecule has 0 bridgehead atoms. The van der Waals surface area contributed by atoms with Gasteiger partial charge in [0.25, 0.3) is 0 Å². The maximum Gasteiger partial charge on any atom is 0.203 e. The predicted octanol–water partition coefficient (Wildman–Crippen LogP) is 1.75. The predicted molar refractivity (Wildman–Crippen MR) is 72.0 cm³/mol. The van der Waals surface area contributed by atoms with Crippen molar-refractivity contribution in [3.8, 4) is 17.2 Å². The summed E-state index contributed by atoms with van der Waals surface area (Å²) >= 11 is 0. The second-order valence-corrected chi connectivity index (χ2v) is 4.50. The third-order valence-corrected chi connectivity index (χ3v) is 3.56. The lowest BCUT2D eigenvalue weighted by Gasteiger charge is -2.22. The SMILES string of the molecule is COc1ccc(C2OCCC2CN)c(OC)c1OC. The zero-order valence-corrected chi connectivity index (χ0v) is 11.6. The van der Waals surface area contributed by atoms with Gasteiger partial charge in [0.1, 0.15) is 0 Å². The first-order chi connectivity index (χ1) is 9.26. The van der Waals surface area contributed by atoms with Gasteiger partial charge in [0.15, 0.2) is 11.5 Å². The number of methoxy groups -OCH3 is 3. The molecule has 106 valence electrons. The second-order valence-electron chi connectivity index (χ2n) is 4.50. The molecule has 1 aliphatic heterocycles. The summed E-state index contributed by atoms with van der Waals surface area (Å²) in [6.07, 6.45) is 0.929. The van der Waals surface area contributed by atoms with E-state index in [9.17, 15) is 0 Å². The Morgan fingerprint density at radius 2 is 1.89 bits per heavy atom. The first kappa shape index (κ1) is 14.0. The van der Waals surface area contributed by atoms with Gasteiger partial charge in [-0.1, -0.05) is 0 Å². The van der Waals surface area contributed by atoms with E-state index in [1.54, 1.807) is 21.3 Å². The van der Waals surface area contributed by atoms with E-state index in [4.69, 9.17) is 24.7 Å². The molecule has 0 spiro atoms. The van der Waals surface area contributed by atoms with Crippen molar-refractivity contribution in [2.75, 3.05) is 34.5 Å². The molecule has 5 nitrogen and oxygen atoms in total. The summed E-state index contributed by atoms with van der Waals surface area (Å²) in [7, 11) is 4.82. The summed E-state index contributed by atoms with van der Waals surface area (Å²) in [5.74, 6) is 2.21. The van der Waals surface area contributed by atoms with E-state index in [-0.39, 0.29) is 6.10 Å². The second kappa shape index (κ2) is 6.12. The first-order valence-corrected chi connectivity index (χ1v) is 6.37. The molecule has 5 heteroatoms. The van der Waals surface area contributed by atoms with Crippen molar-refractivity contribution in [3.63, 3.8) is 0 Å². The minimum Gasteiger partial charge on any atom is -0.493 e. The van der Waals surface area contributed by atoms with Crippen molar-refractivity contribution in [1.29, 1.82) is 0 Å². The van der Waals surface area contributed by atoms with Gasteiger partial charge in [0.05, 0.1) is 27.4 Å². The van der Waals surface area contributed by atoms with Crippen LogP contribution in [0.2, 0.25) is 0 Å². The fraction of sp³-hybridized carbons (Fsp3) is 0.571. The minimum absolute atomic E-state index is 0.0419. The van der Waals surface area contributed by atoms with Gasteiger partial charge in [-0.3, -0.25) is 0 Å². The number of ether oxygens (including phenoxy) is 4. The third-order valence-electron chi connectivity index (χ3n) is 3.56. The van der Waals surface area contributed by atoms with E-state index in [2.05, 4.69) is 0 Å². The van der Waals surface area contributed by atoms with Crippen molar-refractivity contribution in [2.45, 2.75) is 12.5 Å². The summed E-state index contributed by atoms with van der Waals surface area (Å²) in [6.45, 7) is 1.33. The smallest absolute Gasteiger partial charge is 0.203 e. The van der Waals surface area contributed by atoms with Crippen molar-refractivity contribution in [3.05, 3.63) is 17.7 Å². The van der Waals surface area contributed by atoms with Crippen LogP contribution in [0.3, 0.4) is 0 Å². The Bertz CT molecular complexity index is 436. The Morgan fingerprint density at radius 3 is 2.47 bits per heavy atom. The molecule has 1 aromatic rings. The van der Waals surface area contributed by atoms with Crippen LogP contribution in [0.25, 0.3) is 0 Å². The Balaban J connectivity index is 2.45. The maximum atomic E-state index is 5.80. The standard InChI is InChI=1S/C14H21NO4/c1-16-11-5-4-10(13(17-2)14(11)18-3)12-9(8-15)6-7-19-12/h4-5,9,12H,6-8,15H2,1-3H3. The normalized spacial score (nSPS) is 22.3. The van der Waals surface area contributed by atoms with Crippen molar-refractivity contribution in [1.82, 2.24) is 0 Å². The Labute approximate surface area is 113 Å². The van der Waals surface area contributed by atoms with Crippen LogP contribution in [0, 0.1) is 5.92 Å². The van der Waals surface area contributed by atoms with Crippen LogP contribution in [0.15, 0.2) is 12.1 Å². The molecule has 1 heterocycles. The van der Waals surface area contributed by atoms with E-state index in [1.165, 1.54) is 0 Å². The van der Waals surface area contributed by atoms with Gasteiger partial charge < -0.3 is 24.7 Å². The first-order valence-electron chi connectivity index (χ1n) is 6.37. The molecule has 19 heavy (non-hydrogen) atoms. The lowest BCUT2D eigenvalue weighted by Crippen LogP contribution is -2.18. The van der Waals surface area contributed by atoms with Crippen LogP contribution in [-0.2, 0) is 4.74 Å². The van der Waals surface area contributed by atoms with Gasteiger partial charge in [-0.2, -0.15) is 0 Å². The molecule has 0 aromatic heterocycles. The summed E-state index contributed by atoms with van der Waals surface area (Å²) in [6, 6.07) is 3.82. The number of rotatable bonds is 5. The van der Waals surface area contributed by atoms with Crippen molar-refractivity contribution >= 4 is 0 Å². The third kappa shape index (κ3) is 2.48. The van der Waals surface area contributed by atoms with Crippen LogP contribution in [0.1, 0.15) is 18.1 Å². The highest BCUT2D eigenvalue weighted by atomic mass is 16.5. The van der Waals surface area contributed by atoms with Crippen LogP contribution < -0.4 is 19.9 Å². The molecule has 2 atom stereocenters. The molecule has 1 aromatic carbocycles. The van der Waals surface area contributed by atoms with Gasteiger partial charge in [-0.25, -0.2) is 0 Å². The van der Waals surface area contributed by atoms with E-state index in [0.717, 1.165) is 18.6 Å². The minimum atomic E-state index is -0.0419. The molecular weight excluding hydrogens is 246 g/mol. The molecule has 1 fully saturated rings. The highest BCUT2D eigenvalue weighted by Crippen LogP contribution is 2.46. The molecule has 2 N–H and O–H groups in total. The Hall–Kier alpha value is -1.46. The van der Waals surface area contributed by atoms with Crippen molar-refractivity contribution < 1.29 is 18.9 Å². The van der Waals surface area contributed by atoms with Gasteiger partial charge in [0, 0.05) is 18.1 Å². The quantitative estimate of drug-likeness (QED) is 0.880. The van der Waals surface area contributed by atoms with Gasteiger partial charge in [-0.15, -0.1) is 0 Å². The Kier molecular flexibility index (Phi) is 4.50. The molecular formula is C14H21NO4. The molecule has 0 aliphatic carbocycles. The highest BCUT2D eigenvalue weighted by Gasteiger charge is 2.32. The van der Waals surface area contributed by atoms with Crippen LogP contribution in [0.4, 0.5) is 0 Å². The topological polar surface area (TPSA) is 62.9 Å². The molecule has 1 aliphatic rings. The van der Waals surface area contributed by atoms with Crippen LogP contribution in [-0.4, -0.2) is 34.5 Å². The summed E-state index contributed by atoms with van der Waals surface area (Å²) in [5.41, 5.74) is 6.77. The number of benzene rings is 1. The molecule has 2 unspecified atom stereocenters. The molecule has 0 saturated carbocycles. The largest absolute Gasteiger partial charge is 0.493 e.